The van der Waals surface area contributed by atoms with Crippen LogP contribution in [0.3, 0.4) is 0 Å². The van der Waals surface area contributed by atoms with Crippen LogP contribution in [0, 0.1) is 5.92 Å². The number of alkyl halides is 3. The normalized spacial score (nSPS) is 29.6. The lowest BCUT2D eigenvalue weighted by atomic mass is 9.77. The number of halogens is 3. The van der Waals surface area contributed by atoms with Gasteiger partial charge in [0.15, 0.2) is 0 Å². The number of rotatable bonds is 3. The minimum absolute atomic E-state index is 0.190. The second-order valence-corrected chi connectivity index (χ2v) is 6.65. The van der Waals surface area contributed by atoms with Crippen molar-refractivity contribution in [2.24, 2.45) is 5.92 Å². The standard InChI is InChI=1S/C15H27F3N2/c1-3-12(2)13-9-20(11-15(16,17)18)14(10-19-13)7-5-4-6-8-14/h12-13,19H,3-11H2,1-2H3. The molecule has 2 atom stereocenters. The molecule has 2 aliphatic rings. The van der Waals surface area contributed by atoms with Crippen LogP contribution in [0.5, 0.6) is 0 Å². The molecule has 1 saturated carbocycles. The third kappa shape index (κ3) is 3.67. The van der Waals surface area contributed by atoms with E-state index in [1.165, 1.54) is 0 Å². The van der Waals surface area contributed by atoms with E-state index in [-0.39, 0.29) is 11.6 Å². The van der Waals surface area contributed by atoms with Crippen molar-refractivity contribution in [3.63, 3.8) is 0 Å². The lowest BCUT2D eigenvalue weighted by Gasteiger charge is -2.53. The van der Waals surface area contributed by atoms with Crippen LogP contribution in [-0.4, -0.2) is 42.3 Å². The van der Waals surface area contributed by atoms with Crippen LogP contribution in [-0.2, 0) is 0 Å². The lowest BCUT2D eigenvalue weighted by molar-refractivity contribution is -0.169. The highest BCUT2D eigenvalue weighted by Gasteiger charge is 2.46. The average molecular weight is 292 g/mol. The van der Waals surface area contributed by atoms with E-state index in [0.29, 0.717) is 12.5 Å². The SMILES string of the molecule is CCC(C)C1CN(CC(F)(F)F)C2(CCCCC2)CN1. The third-order valence-corrected chi connectivity index (χ3v) is 5.27. The Morgan fingerprint density at radius 2 is 1.90 bits per heavy atom. The molecular formula is C15H27F3N2. The van der Waals surface area contributed by atoms with Gasteiger partial charge in [-0.2, -0.15) is 13.2 Å². The first-order chi connectivity index (χ1) is 9.36. The van der Waals surface area contributed by atoms with E-state index in [0.717, 1.165) is 45.1 Å². The molecule has 5 heteroatoms. The molecule has 118 valence electrons. The number of nitrogens with one attached hydrogen (secondary N) is 1. The van der Waals surface area contributed by atoms with E-state index in [9.17, 15) is 13.2 Å². The van der Waals surface area contributed by atoms with Crippen molar-refractivity contribution in [1.82, 2.24) is 10.2 Å². The molecule has 0 radical (unpaired) electrons. The second-order valence-electron chi connectivity index (χ2n) is 6.65. The summed E-state index contributed by atoms with van der Waals surface area (Å²) in [5.41, 5.74) is -0.252. The van der Waals surface area contributed by atoms with E-state index in [1.54, 1.807) is 4.90 Å². The van der Waals surface area contributed by atoms with Crippen LogP contribution < -0.4 is 5.32 Å². The van der Waals surface area contributed by atoms with E-state index in [1.807, 2.05) is 0 Å². The van der Waals surface area contributed by atoms with E-state index in [2.05, 4.69) is 19.2 Å². The summed E-state index contributed by atoms with van der Waals surface area (Å²) >= 11 is 0. The zero-order chi connectivity index (χ0) is 14.8. The van der Waals surface area contributed by atoms with Crippen LogP contribution in [0.2, 0.25) is 0 Å². The molecule has 1 saturated heterocycles. The van der Waals surface area contributed by atoms with Gasteiger partial charge in [0, 0.05) is 24.7 Å². The lowest BCUT2D eigenvalue weighted by Crippen LogP contribution is -2.67. The van der Waals surface area contributed by atoms with Crippen LogP contribution >= 0.6 is 0 Å². The fourth-order valence-electron chi connectivity index (χ4n) is 3.75. The average Bonchev–Trinajstić information content (AvgIpc) is 2.40. The Bertz CT molecular complexity index is 311. The van der Waals surface area contributed by atoms with Gasteiger partial charge in [0.05, 0.1) is 6.54 Å². The summed E-state index contributed by atoms with van der Waals surface area (Å²) in [5, 5.41) is 3.54. The van der Waals surface area contributed by atoms with E-state index < -0.39 is 12.7 Å². The predicted octanol–water partition coefficient (Wildman–Crippen LogP) is 3.57. The molecule has 2 rings (SSSR count). The summed E-state index contributed by atoms with van der Waals surface area (Å²) in [6.45, 7) is 4.74. The quantitative estimate of drug-likeness (QED) is 0.855. The fourth-order valence-corrected chi connectivity index (χ4v) is 3.75. The van der Waals surface area contributed by atoms with Gasteiger partial charge >= 0.3 is 6.18 Å². The Hall–Kier alpha value is -0.290. The summed E-state index contributed by atoms with van der Waals surface area (Å²) in [4.78, 5) is 1.75. The van der Waals surface area contributed by atoms with Gasteiger partial charge in [-0.25, -0.2) is 0 Å². The smallest absolute Gasteiger partial charge is 0.311 e. The van der Waals surface area contributed by atoms with Crippen LogP contribution in [0.1, 0.15) is 52.4 Å². The van der Waals surface area contributed by atoms with Gasteiger partial charge in [0.1, 0.15) is 0 Å². The molecule has 1 aliphatic carbocycles. The molecule has 0 bridgehead atoms. The number of hydrogen-bond acceptors (Lipinski definition) is 2. The van der Waals surface area contributed by atoms with Crippen LogP contribution in [0.15, 0.2) is 0 Å². The van der Waals surface area contributed by atoms with Crippen LogP contribution in [0.4, 0.5) is 13.2 Å². The molecule has 0 aromatic heterocycles. The van der Waals surface area contributed by atoms with Gasteiger partial charge in [0.2, 0.25) is 0 Å². The molecule has 1 spiro atoms. The van der Waals surface area contributed by atoms with E-state index in [4.69, 9.17) is 0 Å². The van der Waals surface area contributed by atoms with Crippen molar-refractivity contribution in [3.8, 4) is 0 Å². The van der Waals surface area contributed by atoms with Crippen molar-refractivity contribution in [1.29, 1.82) is 0 Å². The zero-order valence-electron chi connectivity index (χ0n) is 12.6. The molecule has 2 unspecified atom stereocenters. The van der Waals surface area contributed by atoms with Gasteiger partial charge in [0.25, 0.3) is 0 Å². The second kappa shape index (κ2) is 6.22. The fraction of sp³-hybridized carbons (Fsp3) is 1.00. The van der Waals surface area contributed by atoms with Gasteiger partial charge in [-0.1, -0.05) is 39.5 Å². The zero-order valence-corrected chi connectivity index (χ0v) is 12.6. The minimum Gasteiger partial charge on any atom is -0.311 e. The van der Waals surface area contributed by atoms with Gasteiger partial charge in [-0.3, -0.25) is 4.90 Å². The highest BCUT2D eigenvalue weighted by Crippen LogP contribution is 2.37. The summed E-state index contributed by atoms with van der Waals surface area (Å²) in [6.07, 6.45) is 2.00. The van der Waals surface area contributed by atoms with Crippen LogP contribution in [0.25, 0.3) is 0 Å². The molecule has 1 N–H and O–H groups in total. The first kappa shape index (κ1) is 16.1. The molecule has 1 aliphatic heterocycles. The summed E-state index contributed by atoms with van der Waals surface area (Å²) < 4.78 is 38.8. The Labute approximate surface area is 120 Å². The summed E-state index contributed by atoms with van der Waals surface area (Å²) in [7, 11) is 0. The topological polar surface area (TPSA) is 15.3 Å². The van der Waals surface area contributed by atoms with Crippen molar-refractivity contribution < 1.29 is 13.2 Å². The molecule has 2 nitrogen and oxygen atoms in total. The number of piperazine rings is 1. The Morgan fingerprint density at radius 3 is 2.45 bits per heavy atom. The van der Waals surface area contributed by atoms with Gasteiger partial charge < -0.3 is 5.32 Å². The molecule has 2 fully saturated rings. The Kier molecular flexibility index (Phi) is 5.00. The first-order valence-electron chi connectivity index (χ1n) is 7.91. The summed E-state index contributed by atoms with van der Waals surface area (Å²) in [5.74, 6) is 0.423. The molecule has 20 heavy (non-hydrogen) atoms. The molecule has 0 amide bonds. The van der Waals surface area contributed by atoms with Crippen molar-refractivity contribution in [2.75, 3.05) is 19.6 Å². The van der Waals surface area contributed by atoms with Gasteiger partial charge in [-0.15, -0.1) is 0 Å². The largest absolute Gasteiger partial charge is 0.401 e. The Balaban J connectivity index is 2.11. The minimum atomic E-state index is -4.10. The van der Waals surface area contributed by atoms with Gasteiger partial charge in [-0.05, 0) is 18.8 Å². The number of hydrogen-bond donors (Lipinski definition) is 1. The molecule has 0 aromatic rings. The monoisotopic (exact) mass is 292 g/mol. The maximum absolute atomic E-state index is 12.9. The highest BCUT2D eigenvalue weighted by molar-refractivity contribution is 5.01. The highest BCUT2D eigenvalue weighted by atomic mass is 19.4. The predicted molar refractivity (Wildman–Crippen MR) is 74.7 cm³/mol. The van der Waals surface area contributed by atoms with Crippen molar-refractivity contribution in [2.45, 2.75) is 70.1 Å². The molecular weight excluding hydrogens is 265 g/mol. The number of nitrogens with zero attached hydrogens (tertiary/aromatic N) is 1. The maximum Gasteiger partial charge on any atom is 0.401 e. The first-order valence-corrected chi connectivity index (χ1v) is 7.91. The third-order valence-electron chi connectivity index (χ3n) is 5.27. The molecule has 1 heterocycles. The molecule has 0 aromatic carbocycles. The van der Waals surface area contributed by atoms with Crippen molar-refractivity contribution in [3.05, 3.63) is 0 Å². The summed E-state index contributed by atoms with van der Waals surface area (Å²) in [6, 6.07) is 0.190. The maximum atomic E-state index is 12.9. The Morgan fingerprint density at radius 1 is 1.25 bits per heavy atom. The van der Waals surface area contributed by atoms with Crippen molar-refractivity contribution >= 4 is 0 Å². The van der Waals surface area contributed by atoms with E-state index >= 15 is 0 Å².